The van der Waals surface area contributed by atoms with Crippen LogP contribution >= 0.6 is 11.8 Å². The van der Waals surface area contributed by atoms with Gasteiger partial charge in [-0.2, -0.15) is 11.8 Å². The van der Waals surface area contributed by atoms with Gasteiger partial charge in [-0.15, -0.1) is 0 Å². The molecule has 112 valence electrons. The molecule has 0 amide bonds. The molecule has 0 saturated carbocycles. The normalized spacial score (nSPS) is 10.7. The van der Waals surface area contributed by atoms with Crippen molar-refractivity contribution in [2.75, 3.05) is 51.8 Å². The van der Waals surface area contributed by atoms with Gasteiger partial charge in [-0.05, 0) is 58.7 Å². The van der Waals surface area contributed by atoms with Crippen molar-refractivity contribution < 1.29 is 0 Å². The van der Waals surface area contributed by atoms with E-state index in [1.807, 2.05) is 25.6 Å². The number of hydrogen-bond donors (Lipinski definition) is 0. The van der Waals surface area contributed by atoms with Crippen molar-refractivity contribution in [3.05, 3.63) is 0 Å². The second-order valence-corrected chi connectivity index (χ2v) is 5.48. The lowest BCUT2D eigenvalue weighted by Crippen LogP contribution is -2.30. The molecule has 0 aromatic rings. The van der Waals surface area contributed by atoms with Crippen LogP contribution in [0, 0.1) is 0 Å². The van der Waals surface area contributed by atoms with Crippen molar-refractivity contribution in [1.29, 1.82) is 0 Å². The molecule has 0 fully saturated rings. The standard InChI is InChI=1S/C13H30N2S.C2H6/c1-5-8-15(9-6-2)11-7-10-14(3)12-13-16-4;1-2/h5-13H2,1-4H3;1-2H3. The van der Waals surface area contributed by atoms with Crippen molar-refractivity contribution >= 4 is 11.8 Å². The largest absolute Gasteiger partial charge is 0.306 e. The van der Waals surface area contributed by atoms with E-state index in [9.17, 15) is 0 Å². The minimum Gasteiger partial charge on any atom is -0.306 e. The monoisotopic (exact) mass is 276 g/mol. The lowest BCUT2D eigenvalue weighted by Gasteiger charge is -2.22. The third-order valence-corrected chi connectivity index (χ3v) is 3.36. The topological polar surface area (TPSA) is 6.48 Å². The van der Waals surface area contributed by atoms with Crippen LogP contribution in [0.5, 0.6) is 0 Å². The molecule has 0 rings (SSSR count). The van der Waals surface area contributed by atoms with Gasteiger partial charge in [0.2, 0.25) is 0 Å². The van der Waals surface area contributed by atoms with Gasteiger partial charge in [0.15, 0.2) is 0 Å². The van der Waals surface area contributed by atoms with Crippen molar-refractivity contribution in [2.45, 2.75) is 47.0 Å². The van der Waals surface area contributed by atoms with Gasteiger partial charge in [0.25, 0.3) is 0 Å². The van der Waals surface area contributed by atoms with E-state index in [4.69, 9.17) is 0 Å². The van der Waals surface area contributed by atoms with Crippen LogP contribution in [0.1, 0.15) is 47.0 Å². The number of rotatable bonds is 11. The van der Waals surface area contributed by atoms with Crippen LogP contribution in [0.3, 0.4) is 0 Å². The Labute approximate surface area is 120 Å². The highest BCUT2D eigenvalue weighted by molar-refractivity contribution is 7.98. The van der Waals surface area contributed by atoms with Crippen LogP contribution < -0.4 is 0 Å². The average molecular weight is 277 g/mol. The van der Waals surface area contributed by atoms with E-state index in [1.54, 1.807) is 0 Å². The van der Waals surface area contributed by atoms with Gasteiger partial charge in [0, 0.05) is 12.3 Å². The van der Waals surface area contributed by atoms with Crippen molar-refractivity contribution in [2.24, 2.45) is 0 Å². The molecule has 3 heteroatoms. The van der Waals surface area contributed by atoms with E-state index in [1.165, 1.54) is 57.7 Å². The highest BCUT2D eigenvalue weighted by Crippen LogP contribution is 1.99. The predicted molar refractivity (Wildman–Crippen MR) is 88.9 cm³/mol. The summed E-state index contributed by atoms with van der Waals surface area (Å²) in [5, 5.41) is 0. The molecule has 0 aromatic heterocycles. The summed E-state index contributed by atoms with van der Waals surface area (Å²) in [4.78, 5) is 5.05. The maximum Gasteiger partial charge on any atom is 0.00692 e. The molecule has 0 bridgehead atoms. The zero-order chi connectivity index (χ0) is 14.2. The van der Waals surface area contributed by atoms with Crippen LogP contribution in [-0.2, 0) is 0 Å². The first-order valence-electron chi connectivity index (χ1n) is 7.64. The maximum absolute atomic E-state index is 2.60. The van der Waals surface area contributed by atoms with Crippen molar-refractivity contribution in [3.8, 4) is 0 Å². The molecule has 0 aliphatic carbocycles. The summed E-state index contributed by atoms with van der Waals surface area (Å²) >= 11 is 1.93. The second kappa shape index (κ2) is 17.3. The van der Waals surface area contributed by atoms with Crippen molar-refractivity contribution in [3.63, 3.8) is 0 Å². The van der Waals surface area contributed by atoms with Crippen LogP contribution in [-0.4, -0.2) is 61.6 Å². The summed E-state index contributed by atoms with van der Waals surface area (Å²) in [6, 6.07) is 0. The molecule has 0 radical (unpaired) electrons. The molecule has 18 heavy (non-hydrogen) atoms. The SMILES string of the molecule is CC.CCCN(CCC)CCCN(C)CCSC. The van der Waals surface area contributed by atoms with E-state index >= 15 is 0 Å². The Morgan fingerprint density at radius 1 is 0.833 bits per heavy atom. The highest BCUT2D eigenvalue weighted by Gasteiger charge is 2.03. The Morgan fingerprint density at radius 2 is 1.39 bits per heavy atom. The number of hydrogen-bond acceptors (Lipinski definition) is 3. The van der Waals surface area contributed by atoms with Crippen LogP contribution in [0.2, 0.25) is 0 Å². The summed E-state index contributed by atoms with van der Waals surface area (Å²) in [7, 11) is 2.24. The fraction of sp³-hybridized carbons (Fsp3) is 1.00. The molecule has 0 aromatic carbocycles. The van der Waals surface area contributed by atoms with Crippen LogP contribution in [0.25, 0.3) is 0 Å². The Kier molecular flexibility index (Phi) is 19.8. The number of nitrogens with zero attached hydrogens (tertiary/aromatic N) is 2. The third-order valence-electron chi connectivity index (χ3n) is 2.77. The van der Waals surface area contributed by atoms with Gasteiger partial charge in [0.05, 0.1) is 0 Å². The molecule has 0 atom stereocenters. The third kappa shape index (κ3) is 14.3. The molecule has 0 aliphatic heterocycles. The fourth-order valence-corrected chi connectivity index (χ4v) is 2.39. The summed E-state index contributed by atoms with van der Waals surface area (Å²) in [6.07, 6.45) is 6.05. The summed E-state index contributed by atoms with van der Waals surface area (Å²) < 4.78 is 0. The molecule has 0 N–H and O–H groups in total. The van der Waals surface area contributed by atoms with E-state index < -0.39 is 0 Å². The van der Waals surface area contributed by atoms with Gasteiger partial charge in [0.1, 0.15) is 0 Å². The fourth-order valence-electron chi connectivity index (χ4n) is 1.89. The Balaban J connectivity index is 0. The molecule has 0 aliphatic rings. The summed E-state index contributed by atoms with van der Waals surface area (Å²) in [5.74, 6) is 1.25. The summed E-state index contributed by atoms with van der Waals surface area (Å²) in [5.41, 5.74) is 0. The maximum atomic E-state index is 2.60. The van der Waals surface area contributed by atoms with Crippen LogP contribution in [0.15, 0.2) is 0 Å². The van der Waals surface area contributed by atoms with Crippen LogP contribution in [0.4, 0.5) is 0 Å². The minimum atomic E-state index is 1.22. The zero-order valence-corrected chi connectivity index (χ0v) is 14.5. The molecule has 0 spiro atoms. The molecule has 0 heterocycles. The van der Waals surface area contributed by atoms with E-state index in [2.05, 4.69) is 37.0 Å². The molecule has 0 unspecified atom stereocenters. The first-order valence-corrected chi connectivity index (χ1v) is 9.03. The van der Waals surface area contributed by atoms with E-state index in [0.29, 0.717) is 0 Å². The van der Waals surface area contributed by atoms with Gasteiger partial charge in [-0.25, -0.2) is 0 Å². The van der Waals surface area contributed by atoms with Gasteiger partial charge >= 0.3 is 0 Å². The molecule has 0 saturated heterocycles. The van der Waals surface area contributed by atoms with Gasteiger partial charge < -0.3 is 9.80 Å². The lowest BCUT2D eigenvalue weighted by molar-refractivity contribution is 0.249. The first-order chi connectivity index (χ1) is 8.74. The molecule has 2 nitrogen and oxygen atoms in total. The van der Waals surface area contributed by atoms with E-state index in [0.717, 1.165) is 0 Å². The lowest BCUT2D eigenvalue weighted by atomic mass is 10.3. The Morgan fingerprint density at radius 3 is 1.83 bits per heavy atom. The molecular formula is C15H36N2S. The highest BCUT2D eigenvalue weighted by atomic mass is 32.2. The molecular weight excluding hydrogens is 240 g/mol. The first kappa shape index (κ1) is 20.6. The predicted octanol–water partition coefficient (Wildman–Crippen LogP) is 3.82. The zero-order valence-electron chi connectivity index (χ0n) is 13.7. The van der Waals surface area contributed by atoms with Crippen molar-refractivity contribution in [1.82, 2.24) is 9.80 Å². The van der Waals surface area contributed by atoms with E-state index in [-0.39, 0.29) is 0 Å². The smallest absolute Gasteiger partial charge is 0.00692 e. The second-order valence-electron chi connectivity index (χ2n) is 4.49. The van der Waals surface area contributed by atoms with Gasteiger partial charge in [-0.3, -0.25) is 0 Å². The quantitative estimate of drug-likeness (QED) is 0.566. The minimum absolute atomic E-state index is 1.22. The Hall–Kier alpha value is 0.270. The average Bonchev–Trinajstić information content (AvgIpc) is 2.39. The Bertz CT molecular complexity index is 136. The number of thioether (sulfide) groups is 1. The van der Waals surface area contributed by atoms with Gasteiger partial charge in [-0.1, -0.05) is 27.7 Å². The summed E-state index contributed by atoms with van der Waals surface area (Å²) in [6.45, 7) is 14.8.